The number of amides is 1. The van der Waals surface area contributed by atoms with Crippen LogP contribution in [0.2, 0.25) is 0 Å². The number of carbonyl (C=O) groups is 1. The zero-order valence-electron chi connectivity index (χ0n) is 13.9. The fourth-order valence-corrected chi connectivity index (χ4v) is 4.23. The van der Waals surface area contributed by atoms with Crippen molar-refractivity contribution in [2.45, 2.75) is 23.8 Å². The number of piperidine rings is 1. The van der Waals surface area contributed by atoms with E-state index in [2.05, 4.69) is 4.72 Å². The van der Waals surface area contributed by atoms with Crippen LogP contribution in [0.1, 0.15) is 23.2 Å². The highest BCUT2D eigenvalue weighted by Gasteiger charge is 2.27. The lowest BCUT2D eigenvalue weighted by atomic mass is 10.0. The molecule has 1 aliphatic heterocycles. The van der Waals surface area contributed by atoms with Gasteiger partial charge in [-0.15, -0.1) is 0 Å². The zero-order chi connectivity index (χ0) is 18.7. The van der Waals surface area contributed by atoms with Crippen molar-refractivity contribution in [2.24, 2.45) is 0 Å². The largest absolute Gasteiger partial charge is 0.339 e. The fourth-order valence-electron chi connectivity index (χ4n) is 2.90. The van der Waals surface area contributed by atoms with Gasteiger partial charge in [0, 0.05) is 24.7 Å². The summed E-state index contributed by atoms with van der Waals surface area (Å²) in [4.78, 5) is 14.1. The second kappa shape index (κ2) is 7.51. The maximum Gasteiger partial charge on any atom is 0.253 e. The highest BCUT2D eigenvalue weighted by Crippen LogP contribution is 2.18. The van der Waals surface area contributed by atoms with E-state index in [-0.39, 0.29) is 16.5 Å². The molecule has 0 unspecified atom stereocenters. The van der Waals surface area contributed by atoms with E-state index in [0.717, 1.165) is 12.1 Å². The number of rotatable bonds is 4. The molecule has 0 aromatic heterocycles. The molecular weight excluding hydrogens is 362 g/mol. The van der Waals surface area contributed by atoms with Gasteiger partial charge >= 0.3 is 0 Å². The Balaban J connectivity index is 1.60. The Kier molecular flexibility index (Phi) is 5.33. The number of nitrogens with one attached hydrogen (secondary N) is 1. The highest BCUT2D eigenvalue weighted by molar-refractivity contribution is 7.89. The summed E-state index contributed by atoms with van der Waals surface area (Å²) in [6.45, 7) is 0.666. The molecule has 5 nitrogen and oxygen atoms in total. The summed E-state index contributed by atoms with van der Waals surface area (Å²) in [7, 11) is -3.60. The van der Waals surface area contributed by atoms with Gasteiger partial charge in [0.1, 0.15) is 0 Å². The first-order chi connectivity index (χ1) is 12.4. The first-order valence-corrected chi connectivity index (χ1v) is 9.67. The summed E-state index contributed by atoms with van der Waals surface area (Å²) < 4.78 is 53.6. The number of hydrogen-bond donors (Lipinski definition) is 1. The average molecular weight is 380 g/mol. The van der Waals surface area contributed by atoms with Gasteiger partial charge in [-0.25, -0.2) is 21.9 Å². The topological polar surface area (TPSA) is 66.5 Å². The Bertz CT molecular complexity index is 896. The van der Waals surface area contributed by atoms with Crippen LogP contribution in [0.5, 0.6) is 0 Å². The minimum atomic E-state index is -3.60. The molecular formula is C18H18F2N2O3S. The van der Waals surface area contributed by atoms with Crippen molar-refractivity contribution in [3.05, 3.63) is 65.7 Å². The van der Waals surface area contributed by atoms with Crippen LogP contribution in [-0.2, 0) is 10.0 Å². The minimum absolute atomic E-state index is 0.0761. The predicted octanol–water partition coefficient (Wildman–Crippen LogP) is 2.55. The predicted molar refractivity (Wildman–Crippen MR) is 92.0 cm³/mol. The van der Waals surface area contributed by atoms with Gasteiger partial charge in [-0.3, -0.25) is 4.79 Å². The summed E-state index contributed by atoms with van der Waals surface area (Å²) in [5, 5.41) is 0. The number of sulfonamides is 1. The molecule has 26 heavy (non-hydrogen) atoms. The average Bonchev–Trinajstić information content (AvgIpc) is 2.64. The Hall–Kier alpha value is -2.32. The maximum absolute atomic E-state index is 13.3. The molecule has 0 atom stereocenters. The summed E-state index contributed by atoms with van der Waals surface area (Å²) in [6.07, 6.45) is 0.892. The molecule has 1 fully saturated rings. The lowest BCUT2D eigenvalue weighted by Gasteiger charge is -2.32. The van der Waals surface area contributed by atoms with E-state index in [9.17, 15) is 22.0 Å². The van der Waals surface area contributed by atoms with Gasteiger partial charge in [0.15, 0.2) is 11.6 Å². The van der Waals surface area contributed by atoms with Crippen LogP contribution in [0.4, 0.5) is 8.78 Å². The molecule has 1 amide bonds. The molecule has 1 heterocycles. The van der Waals surface area contributed by atoms with Gasteiger partial charge in [-0.2, -0.15) is 0 Å². The monoisotopic (exact) mass is 380 g/mol. The number of carbonyl (C=O) groups excluding carboxylic acids is 1. The number of hydrogen-bond acceptors (Lipinski definition) is 3. The molecule has 0 spiro atoms. The molecule has 0 radical (unpaired) electrons. The van der Waals surface area contributed by atoms with Crippen molar-refractivity contribution in [1.29, 1.82) is 0 Å². The summed E-state index contributed by atoms with van der Waals surface area (Å²) >= 11 is 0. The molecule has 2 aromatic carbocycles. The van der Waals surface area contributed by atoms with Crippen molar-refractivity contribution >= 4 is 15.9 Å². The summed E-state index contributed by atoms with van der Waals surface area (Å²) in [5.41, 5.74) is 0.0761. The van der Waals surface area contributed by atoms with Crippen molar-refractivity contribution < 1.29 is 22.0 Å². The van der Waals surface area contributed by atoms with E-state index in [1.165, 1.54) is 23.1 Å². The van der Waals surface area contributed by atoms with Crippen LogP contribution >= 0.6 is 0 Å². The molecule has 2 aromatic rings. The van der Waals surface area contributed by atoms with Crippen molar-refractivity contribution in [3.8, 4) is 0 Å². The van der Waals surface area contributed by atoms with Crippen molar-refractivity contribution in [3.63, 3.8) is 0 Å². The van der Waals surface area contributed by atoms with Crippen LogP contribution in [0.25, 0.3) is 0 Å². The molecule has 0 saturated carbocycles. The Morgan fingerprint density at radius 1 is 1.00 bits per heavy atom. The number of nitrogens with zero attached hydrogens (tertiary/aromatic N) is 1. The number of benzene rings is 2. The zero-order valence-corrected chi connectivity index (χ0v) is 14.7. The van der Waals surface area contributed by atoms with Crippen LogP contribution in [0, 0.1) is 11.6 Å². The Morgan fingerprint density at radius 2 is 1.65 bits per heavy atom. The van der Waals surface area contributed by atoms with Crippen molar-refractivity contribution in [1.82, 2.24) is 9.62 Å². The normalized spacial score (nSPS) is 15.8. The highest BCUT2D eigenvalue weighted by atomic mass is 32.2. The van der Waals surface area contributed by atoms with Gasteiger partial charge in [-0.05, 0) is 43.2 Å². The van der Waals surface area contributed by atoms with Crippen LogP contribution in [-0.4, -0.2) is 38.4 Å². The lowest BCUT2D eigenvalue weighted by molar-refractivity contribution is 0.0710. The van der Waals surface area contributed by atoms with Crippen molar-refractivity contribution in [2.75, 3.05) is 13.1 Å². The molecule has 1 aliphatic rings. The minimum Gasteiger partial charge on any atom is -0.339 e. The molecule has 3 rings (SSSR count). The second-order valence-electron chi connectivity index (χ2n) is 6.13. The molecule has 0 aliphatic carbocycles. The SMILES string of the molecule is O=C(c1ccc(F)c(F)c1)N1CCC(NS(=O)(=O)c2ccccc2)CC1. The number of likely N-dealkylation sites (tertiary alicyclic amines) is 1. The summed E-state index contributed by atoms with van der Waals surface area (Å²) in [5.74, 6) is -2.47. The Labute approximate surface area is 150 Å². The Morgan fingerprint density at radius 3 is 2.27 bits per heavy atom. The third kappa shape index (κ3) is 4.08. The quantitative estimate of drug-likeness (QED) is 0.887. The van der Waals surface area contributed by atoms with E-state index in [1.54, 1.807) is 18.2 Å². The van der Waals surface area contributed by atoms with E-state index < -0.39 is 27.6 Å². The smallest absolute Gasteiger partial charge is 0.253 e. The van der Waals surface area contributed by atoms with Gasteiger partial charge in [0.2, 0.25) is 10.0 Å². The van der Waals surface area contributed by atoms with E-state index in [1.807, 2.05) is 0 Å². The third-order valence-corrected chi connectivity index (χ3v) is 5.86. The van der Waals surface area contributed by atoms with E-state index in [0.29, 0.717) is 25.9 Å². The van der Waals surface area contributed by atoms with E-state index >= 15 is 0 Å². The third-order valence-electron chi connectivity index (χ3n) is 4.32. The van der Waals surface area contributed by atoms with E-state index in [4.69, 9.17) is 0 Å². The van der Waals surface area contributed by atoms with Crippen LogP contribution in [0.15, 0.2) is 53.4 Å². The molecule has 1 saturated heterocycles. The second-order valence-corrected chi connectivity index (χ2v) is 7.84. The van der Waals surface area contributed by atoms with Crippen LogP contribution in [0.3, 0.4) is 0 Å². The van der Waals surface area contributed by atoms with Gasteiger partial charge in [-0.1, -0.05) is 18.2 Å². The van der Waals surface area contributed by atoms with Gasteiger partial charge in [0.25, 0.3) is 5.91 Å². The van der Waals surface area contributed by atoms with Gasteiger partial charge < -0.3 is 4.90 Å². The molecule has 138 valence electrons. The molecule has 8 heteroatoms. The number of halogens is 2. The molecule has 0 bridgehead atoms. The maximum atomic E-state index is 13.3. The first-order valence-electron chi connectivity index (χ1n) is 8.18. The molecule has 1 N–H and O–H groups in total. The lowest BCUT2D eigenvalue weighted by Crippen LogP contribution is -2.46. The fraction of sp³-hybridized carbons (Fsp3) is 0.278. The van der Waals surface area contributed by atoms with Crippen LogP contribution < -0.4 is 4.72 Å². The van der Waals surface area contributed by atoms with Gasteiger partial charge in [0.05, 0.1) is 4.90 Å². The first kappa shape index (κ1) is 18.5. The summed E-state index contributed by atoms with van der Waals surface area (Å²) in [6, 6.07) is 10.8. The standard InChI is InChI=1S/C18H18F2N2O3S/c19-16-7-6-13(12-17(16)20)18(23)22-10-8-14(9-11-22)21-26(24,25)15-4-2-1-3-5-15/h1-7,12,14,21H,8-11H2.